The highest BCUT2D eigenvalue weighted by atomic mass is 19.1. The Kier molecular flexibility index (Phi) is 6.63. The number of carbonyl (C=O) groups is 2. The summed E-state index contributed by atoms with van der Waals surface area (Å²) >= 11 is 0. The quantitative estimate of drug-likeness (QED) is 0.547. The van der Waals surface area contributed by atoms with E-state index in [1.807, 2.05) is 24.3 Å². The van der Waals surface area contributed by atoms with Crippen LogP contribution < -0.4 is 11.1 Å². The third-order valence-corrected chi connectivity index (χ3v) is 7.14. The van der Waals surface area contributed by atoms with Crippen molar-refractivity contribution in [1.29, 1.82) is 0 Å². The molecule has 3 aromatic rings. The normalized spacial score (nSPS) is 16.3. The molecule has 2 aromatic carbocycles. The van der Waals surface area contributed by atoms with Crippen LogP contribution in [-0.2, 0) is 24.1 Å². The summed E-state index contributed by atoms with van der Waals surface area (Å²) in [4.78, 5) is 26.8. The highest BCUT2D eigenvalue weighted by molar-refractivity contribution is 6.04. The van der Waals surface area contributed by atoms with Crippen LogP contribution in [0.5, 0.6) is 0 Å². The van der Waals surface area contributed by atoms with Crippen LogP contribution in [0.15, 0.2) is 48.5 Å². The van der Waals surface area contributed by atoms with E-state index in [2.05, 4.69) is 15.3 Å². The maximum atomic E-state index is 14.4. The van der Waals surface area contributed by atoms with Gasteiger partial charge in [0, 0.05) is 29.4 Å². The Morgan fingerprint density at radius 1 is 1.06 bits per heavy atom. The van der Waals surface area contributed by atoms with Gasteiger partial charge in [0.2, 0.25) is 5.91 Å². The zero-order valence-corrected chi connectivity index (χ0v) is 19.7. The van der Waals surface area contributed by atoms with Crippen molar-refractivity contribution in [1.82, 2.24) is 14.7 Å². The molecule has 1 fully saturated rings. The smallest absolute Gasteiger partial charge is 0.276 e. The molecule has 1 aliphatic heterocycles. The first-order valence-corrected chi connectivity index (χ1v) is 12.3. The molecule has 2 aliphatic rings. The summed E-state index contributed by atoms with van der Waals surface area (Å²) in [5.74, 6) is -0.812. The summed E-state index contributed by atoms with van der Waals surface area (Å²) < 4.78 is 16.0. The highest BCUT2D eigenvalue weighted by Gasteiger charge is 2.28. The molecule has 35 heavy (non-hydrogen) atoms. The first-order valence-electron chi connectivity index (χ1n) is 12.3. The van der Waals surface area contributed by atoms with E-state index in [4.69, 9.17) is 5.73 Å². The third-order valence-electron chi connectivity index (χ3n) is 7.14. The van der Waals surface area contributed by atoms with Crippen molar-refractivity contribution in [2.24, 2.45) is 11.7 Å². The number of para-hydroxylation sites is 1. The van der Waals surface area contributed by atoms with Gasteiger partial charge in [-0.25, -0.2) is 9.07 Å². The lowest BCUT2D eigenvalue weighted by atomic mass is 9.96. The summed E-state index contributed by atoms with van der Waals surface area (Å²) in [7, 11) is 0. The highest BCUT2D eigenvalue weighted by Crippen LogP contribution is 2.29. The van der Waals surface area contributed by atoms with Crippen molar-refractivity contribution in [3.63, 3.8) is 0 Å². The number of piperidine rings is 1. The molecule has 0 atom stereocenters. The number of nitrogens with one attached hydrogen (secondary N) is 1. The minimum absolute atomic E-state index is 0.00786. The van der Waals surface area contributed by atoms with Gasteiger partial charge in [0.05, 0.1) is 0 Å². The summed E-state index contributed by atoms with van der Waals surface area (Å²) in [6.45, 7) is 2.72. The van der Waals surface area contributed by atoms with E-state index in [-0.39, 0.29) is 23.5 Å². The van der Waals surface area contributed by atoms with Crippen molar-refractivity contribution in [3.8, 4) is 5.69 Å². The van der Waals surface area contributed by atoms with Gasteiger partial charge < -0.3 is 16.0 Å². The van der Waals surface area contributed by atoms with Crippen molar-refractivity contribution in [2.75, 3.05) is 25.0 Å². The molecule has 3 N–H and O–H groups in total. The lowest BCUT2D eigenvalue weighted by Gasteiger charge is -2.30. The van der Waals surface area contributed by atoms with E-state index >= 15 is 0 Å². The van der Waals surface area contributed by atoms with Crippen LogP contribution >= 0.6 is 0 Å². The van der Waals surface area contributed by atoms with Crippen LogP contribution in [0.4, 0.5) is 10.1 Å². The Balaban J connectivity index is 1.21. The SMILES string of the molecule is NC(=O)C1CCN(CCc2ccc(NC(=O)c3nn(-c4ccccc4F)c4c3CCC4)cc2)CC1. The number of likely N-dealkylation sites (tertiary alicyclic amines) is 1. The van der Waals surface area contributed by atoms with Gasteiger partial charge >= 0.3 is 0 Å². The zero-order valence-electron chi connectivity index (χ0n) is 19.7. The van der Waals surface area contributed by atoms with E-state index in [1.165, 1.54) is 11.6 Å². The number of rotatable bonds is 7. The maximum Gasteiger partial charge on any atom is 0.276 e. The average molecular weight is 476 g/mol. The molecule has 0 saturated carbocycles. The second-order valence-corrected chi connectivity index (χ2v) is 9.41. The maximum absolute atomic E-state index is 14.4. The summed E-state index contributed by atoms with van der Waals surface area (Å²) in [6.07, 6.45) is 5.03. The first kappa shape index (κ1) is 23.2. The molecule has 0 bridgehead atoms. The predicted molar refractivity (Wildman–Crippen MR) is 132 cm³/mol. The summed E-state index contributed by atoms with van der Waals surface area (Å²) in [5.41, 5.74) is 9.85. The monoisotopic (exact) mass is 475 g/mol. The molecule has 1 saturated heterocycles. The number of benzene rings is 2. The predicted octanol–water partition coefficient (Wildman–Crippen LogP) is 3.49. The molecule has 2 heterocycles. The van der Waals surface area contributed by atoms with E-state index in [0.717, 1.165) is 69.4 Å². The second-order valence-electron chi connectivity index (χ2n) is 9.41. The van der Waals surface area contributed by atoms with Gasteiger partial charge in [0.25, 0.3) is 5.91 Å². The van der Waals surface area contributed by atoms with Crippen molar-refractivity contribution >= 4 is 17.5 Å². The number of carbonyl (C=O) groups excluding carboxylic acids is 2. The number of fused-ring (bicyclic) bond motifs is 1. The molecule has 0 unspecified atom stereocenters. The fourth-order valence-electron chi connectivity index (χ4n) is 5.12. The minimum Gasteiger partial charge on any atom is -0.369 e. The standard InChI is InChI=1S/C27H30FN5O2/c28-22-5-1-2-6-24(22)33-23-7-3-4-21(23)25(31-33)27(35)30-20-10-8-18(9-11-20)12-15-32-16-13-19(14-17-32)26(29)34/h1-2,5-6,8-11,19H,3-4,7,12-17H2,(H2,29,34)(H,30,35). The van der Waals surface area contributed by atoms with E-state index in [0.29, 0.717) is 17.1 Å². The number of anilines is 1. The van der Waals surface area contributed by atoms with E-state index < -0.39 is 0 Å². The van der Waals surface area contributed by atoms with E-state index in [1.54, 1.807) is 22.9 Å². The number of halogens is 1. The second kappa shape index (κ2) is 10.00. The van der Waals surface area contributed by atoms with Gasteiger partial charge in [-0.1, -0.05) is 24.3 Å². The van der Waals surface area contributed by atoms with Crippen LogP contribution in [0.1, 0.15) is 46.6 Å². The molecule has 7 nitrogen and oxygen atoms in total. The number of nitrogens with two attached hydrogens (primary N) is 1. The topological polar surface area (TPSA) is 93.2 Å². The van der Waals surface area contributed by atoms with Gasteiger partial charge in [0.1, 0.15) is 11.5 Å². The first-order chi connectivity index (χ1) is 17.0. The van der Waals surface area contributed by atoms with Crippen LogP contribution in [-0.4, -0.2) is 46.1 Å². The van der Waals surface area contributed by atoms with Crippen molar-refractivity contribution < 1.29 is 14.0 Å². The molecule has 0 spiro atoms. The summed E-state index contributed by atoms with van der Waals surface area (Å²) in [5, 5.41) is 7.46. The molecule has 2 amide bonds. The lowest BCUT2D eigenvalue weighted by molar-refractivity contribution is -0.123. The summed E-state index contributed by atoms with van der Waals surface area (Å²) in [6, 6.07) is 14.4. The number of hydrogen-bond donors (Lipinski definition) is 2. The molecule has 182 valence electrons. The molecular formula is C27H30FN5O2. The Morgan fingerprint density at radius 3 is 2.51 bits per heavy atom. The zero-order chi connectivity index (χ0) is 24.4. The molecule has 5 rings (SSSR count). The number of amides is 2. The third kappa shape index (κ3) is 4.98. The van der Waals surface area contributed by atoms with Crippen LogP contribution in [0.3, 0.4) is 0 Å². The fraction of sp³-hybridized carbons (Fsp3) is 0.370. The molecule has 1 aromatic heterocycles. The lowest BCUT2D eigenvalue weighted by Crippen LogP contribution is -2.39. The Morgan fingerprint density at radius 2 is 1.80 bits per heavy atom. The number of aromatic nitrogens is 2. The van der Waals surface area contributed by atoms with Gasteiger partial charge in [-0.15, -0.1) is 0 Å². The van der Waals surface area contributed by atoms with Gasteiger partial charge in [-0.3, -0.25) is 9.59 Å². The number of hydrogen-bond acceptors (Lipinski definition) is 4. The van der Waals surface area contributed by atoms with Crippen LogP contribution in [0.2, 0.25) is 0 Å². The fourth-order valence-corrected chi connectivity index (χ4v) is 5.12. The Hall–Kier alpha value is -3.52. The molecular weight excluding hydrogens is 445 g/mol. The van der Waals surface area contributed by atoms with Crippen LogP contribution in [0.25, 0.3) is 5.69 Å². The van der Waals surface area contributed by atoms with Crippen LogP contribution in [0, 0.1) is 11.7 Å². The average Bonchev–Trinajstić information content (AvgIpc) is 3.47. The van der Waals surface area contributed by atoms with Gasteiger partial charge in [0.15, 0.2) is 5.69 Å². The largest absolute Gasteiger partial charge is 0.369 e. The van der Waals surface area contributed by atoms with E-state index in [9.17, 15) is 14.0 Å². The van der Waals surface area contributed by atoms with Gasteiger partial charge in [-0.2, -0.15) is 5.10 Å². The van der Waals surface area contributed by atoms with Crippen molar-refractivity contribution in [3.05, 3.63) is 76.9 Å². The Labute approximate surface area is 204 Å². The molecule has 8 heteroatoms. The van der Waals surface area contributed by atoms with Gasteiger partial charge in [-0.05, 0) is 81.4 Å². The minimum atomic E-state index is -0.357. The number of primary amides is 1. The number of nitrogens with zero attached hydrogens (tertiary/aromatic N) is 3. The Bertz CT molecular complexity index is 1230. The van der Waals surface area contributed by atoms with Crippen molar-refractivity contribution in [2.45, 2.75) is 38.5 Å². The molecule has 0 radical (unpaired) electrons. The molecule has 1 aliphatic carbocycles.